The fraction of sp³-hybridized carbons (Fsp3) is 0.333. The summed E-state index contributed by atoms with van der Waals surface area (Å²) < 4.78 is 0. The van der Waals surface area contributed by atoms with Gasteiger partial charge in [0, 0.05) is 43.8 Å². The Kier molecular flexibility index (Phi) is 6.23. The number of fused-ring (bicyclic) bond motifs is 1. The van der Waals surface area contributed by atoms with E-state index in [4.69, 9.17) is 4.98 Å². The number of aromatic nitrogens is 2. The molecule has 0 atom stereocenters. The second-order valence-electron chi connectivity index (χ2n) is 8.08. The average molecular weight is 418 g/mol. The molecule has 1 aliphatic rings. The van der Waals surface area contributed by atoms with E-state index < -0.39 is 0 Å². The second-order valence-corrected chi connectivity index (χ2v) is 8.08. The van der Waals surface area contributed by atoms with E-state index in [9.17, 15) is 9.59 Å². The molecule has 1 aromatic carbocycles. The van der Waals surface area contributed by atoms with Crippen molar-refractivity contribution in [2.24, 2.45) is 0 Å². The largest absolute Gasteiger partial charge is 0.353 e. The van der Waals surface area contributed by atoms with Crippen molar-refractivity contribution in [3.8, 4) is 11.4 Å². The summed E-state index contributed by atoms with van der Waals surface area (Å²) in [5.74, 6) is 0.0111. The Hall–Kier alpha value is -3.32. The van der Waals surface area contributed by atoms with Gasteiger partial charge in [-0.15, -0.1) is 0 Å². The van der Waals surface area contributed by atoms with Crippen LogP contribution in [0.3, 0.4) is 0 Å². The van der Waals surface area contributed by atoms with Gasteiger partial charge in [0.15, 0.2) is 0 Å². The minimum atomic E-state index is -0.0120. The molecule has 2 aromatic heterocycles. The van der Waals surface area contributed by atoms with Gasteiger partial charge in [0.05, 0.1) is 29.0 Å². The lowest BCUT2D eigenvalue weighted by molar-refractivity contribution is -0.123. The molecule has 3 aromatic rings. The second kappa shape index (κ2) is 9.22. The molecular weight excluding hydrogens is 390 g/mol. The maximum Gasteiger partial charge on any atom is 0.254 e. The first kappa shape index (κ1) is 20.9. The highest BCUT2D eigenvalue weighted by molar-refractivity contribution is 6.07. The fourth-order valence-corrected chi connectivity index (χ4v) is 3.85. The van der Waals surface area contributed by atoms with Crippen LogP contribution >= 0.6 is 0 Å². The number of nitrogens with zero attached hydrogens (tertiary/aromatic N) is 4. The minimum absolute atomic E-state index is 0.0120. The van der Waals surface area contributed by atoms with Gasteiger partial charge in [-0.3, -0.25) is 19.5 Å². The van der Waals surface area contributed by atoms with Crippen molar-refractivity contribution in [2.75, 3.05) is 32.7 Å². The molecule has 0 aliphatic carbocycles. The van der Waals surface area contributed by atoms with Crippen LogP contribution in [-0.2, 0) is 4.79 Å². The Balaban J connectivity index is 1.54. The number of benzene rings is 1. The third kappa shape index (κ3) is 4.88. The van der Waals surface area contributed by atoms with Crippen LogP contribution < -0.4 is 5.32 Å². The number of hydrogen-bond acceptors (Lipinski definition) is 5. The van der Waals surface area contributed by atoms with Gasteiger partial charge in [-0.2, -0.15) is 0 Å². The number of hydrogen-bond donors (Lipinski definition) is 1. The monoisotopic (exact) mass is 417 g/mol. The standard InChI is InChI=1S/C24H27N5O2/c1-17(2)26-23(30)16-28-11-13-29(14-12-28)24(31)19-15-22(21-9-5-6-10-25-21)27-20-8-4-3-7-18(19)20/h3-10,15,17H,11-14,16H2,1-2H3,(H,26,30). The third-order valence-electron chi connectivity index (χ3n) is 5.35. The SMILES string of the molecule is CC(C)NC(=O)CN1CCN(C(=O)c2cc(-c3ccccn3)nc3ccccc23)CC1. The molecule has 1 N–H and O–H groups in total. The first-order chi connectivity index (χ1) is 15.0. The van der Waals surface area contributed by atoms with Crippen LogP contribution in [0.2, 0.25) is 0 Å². The van der Waals surface area contributed by atoms with Crippen molar-refractivity contribution in [1.82, 2.24) is 25.1 Å². The number of nitrogens with one attached hydrogen (secondary N) is 1. The lowest BCUT2D eigenvalue weighted by Gasteiger charge is -2.34. The lowest BCUT2D eigenvalue weighted by Crippen LogP contribution is -2.51. The minimum Gasteiger partial charge on any atom is -0.353 e. The summed E-state index contributed by atoms with van der Waals surface area (Å²) in [7, 11) is 0. The van der Waals surface area contributed by atoms with E-state index in [1.165, 1.54) is 0 Å². The maximum atomic E-state index is 13.5. The highest BCUT2D eigenvalue weighted by atomic mass is 16.2. The molecule has 31 heavy (non-hydrogen) atoms. The fourth-order valence-electron chi connectivity index (χ4n) is 3.85. The van der Waals surface area contributed by atoms with Crippen LogP contribution in [-0.4, -0.2) is 70.3 Å². The summed E-state index contributed by atoms with van der Waals surface area (Å²) in [6.45, 7) is 6.79. The Morgan fingerprint density at radius 1 is 1.00 bits per heavy atom. The normalized spacial score (nSPS) is 14.7. The summed E-state index contributed by atoms with van der Waals surface area (Å²) in [4.78, 5) is 38.5. The van der Waals surface area contributed by atoms with Gasteiger partial charge in [0.2, 0.25) is 5.91 Å². The van der Waals surface area contributed by atoms with E-state index in [1.807, 2.05) is 67.3 Å². The van der Waals surface area contributed by atoms with Gasteiger partial charge in [-0.05, 0) is 38.1 Å². The maximum absolute atomic E-state index is 13.5. The van der Waals surface area contributed by atoms with Crippen molar-refractivity contribution < 1.29 is 9.59 Å². The first-order valence-corrected chi connectivity index (χ1v) is 10.6. The summed E-state index contributed by atoms with van der Waals surface area (Å²) >= 11 is 0. The van der Waals surface area contributed by atoms with Gasteiger partial charge >= 0.3 is 0 Å². The van der Waals surface area contributed by atoms with Gasteiger partial charge in [0.25, 0.3) is 5.91 Å². The number of piperazine rings is 1. The smallest absolute Gasteiger partial charge is 0.254 e. The molecule has 2 amide bonds. The molecule has 1 saturated heterocycles. The summed E-state index contributed by atoms with van der Waals surface area (Å²) in [6, 6.07) is 15.3. The zero-order valence-electron chi connectivity index (χ0n) is 17.9. The zero-order valence-corrected chi connectivity index (χ0v) is 17.9. The van der Waals surface area contributed by atoms with E-state index in [1.54, 1.807) is 6.20 Å². The molecule has 160 valence electrons. The number of rotatable bonds is 5. The molecule has 0 radical (unpaired) electrons. The Morgan fingerprint density at radius 2 is 1.74 bits per heavy atom. The highest BCUT2D eigenvalue weighted by Crippen LogP contribution is 2.25. The molecule has 7 nitrogen and oxygen atoms in total. The Morgan fingerprint density at radius 3 is 2.45 bits per heavy atom. The average Bonchev–Trinajstić information content (AvgIpc) is 2.78. The zero-order chi connectivity index (χ0) is 21.8. The molecule has 0 saturated carbocycles. The molecule has 7 heteroatoms. The summed E-state index contributed by atoms with van der Waals surface area (Å²) in [5, 5.41) is 3.76. The number of carbonyl (C=O) groups is 2. The highest BCUT2D eigenvalue weighted by Gasteiger charge is 2.25. The lowest BCUT2D eigenvalue weighted by atomic mass is 10.0. The van der Waals surface area contributed by atoms with Crippen LogP contribution in [0.1, 0.15) is 24.2 Å². The summed E-state index contributed by atoms with van der Waals surface area (Å²) in [5.41, 5.74) is 2.84. The van der Waals surface area contributed by atoms with Crippen molar-refractivity contribution in [3.05, 3.63) is 60.3 Å². The van der Waals surface area contributed by atoms with Crippen LogP contribution in [0.4, 0.5) is 0 Å². The van der Waals surface area contributed by atoms with E-state index in [2.05, 4.69) is 15.2 Å². The van der Waals surface area contributed by atoms with Crippen LogP contribution in [0.25, 0.3) is 22.3 Å². The Bertz CT molecular complexity index is 1080. The number of para-hydroxylation sites is 1. The van der Waals surface area contributed by atoms with Gasteiger partial charge in [0.1, 0.15) is 0 Å². The van der Waals surface area contributed by atoms with Crippen molar-refractivity contribution in [1.29, 1.82) is 0 Å². The summed E-state index contributed by atoms with van der Waals surface area (Å²) in [6.07, 6.45) is 1.72. The van der Waals surface area contributed by atoms with Crippen LogP contribution in [0.5, 0.6) is 0 Å². The van der Waals surface area contributed by atoms with Gasteiger partial charge < -0.3 is 10.2 Å². The van der Waals surface area contributed by atoms with Crippen LogP contribution in [0, 0.1) is 0 Å². The molecule has 0 spiro atoms. The molecule has 3 heterocycles. The van der Waals surface area contributed by atoms with E-state index in [0.717, 1.165) is 16.6 Å². The number of carbonyl (C=O) groups excluding carboxylic acids is 2. The van der Waals surface area contributed by atoms with E-state index >= 15 is 0 Å². The molecular formula is C24H27N5O2. The van der Waals surface area contributed by atoms with Gasteiger partial charge in [-0.1, -0.05) is 24.3 Å². The van der Waals surface area contributed by atoms with Crippen molar-refractivity contribution >= 4 is 22.7 Å². The molecule has 1 aliphatic heterocycles. The number of amides is 2. The van der Waals surface area contributed by atoms with Crippen LogP contribution in [0.15, 0.2) is 54.7 Å². The predicted molar refractivity (Wildman–Crippen MR) is 121 cm³/mol. The van der Waals surface area contributed by atoms with E-state index in [0.29, 0.717) is 44.0 Å². The quantitative estimate of drug-likeness (QED) is 0.690. The third-order valence-corrected chi connectivity index (χ3v) is 5.35. The number of pyridine rings is 2. The van der Waals surface area contributed by atoms with Crippen molar-refractivity contribution in [3.63, 3.8) is 0 Å². The molecule has 0 unspecified atom stereocenters. The molecule has 4 rings (SSSR count). The topological polar surface area (TPSA) is 78.4 Å². The molecule has 1 fully saturated rings. The van der Waals surface area contributed by atoms with Gasteiger partial charge in [-0.25, -0.2) is 4.98 Å². The Labute approximate surface area is 182 Å². The van der Waals surface area contributed by atoms with E-state index in [-0.39, 0.29) is 17.9 Å². The molecule has 0 bridgehead atoms. The van der Waals surface area contributed by atoms with Crippen molar-refractivity contribution in [2.45, 2.75) is 19.9 Å². The first-order valence-electron chi connectivity index (χ1n) is 10.6. The predicted octanol–water partition coefficient (Wildman–Crippen LogP) is 2.58.